The number of carbonyl (C=O) groups is 3. The average Bonchev–Trinajstić information content (AvgIpc) is 2.72. The fourth-order valence-corrected chi connectivity index (χ4v) is 3.21. The summed E-state index contributed by atoms with van der Waals surface area (Å²) in [5.41, 5.74) is 2.36. The van der Waals surface area contributed by atoms with Crippen LogP contribution < -0.4 is 10.6 Å². The Balaban J connectivity index is 1.71. The predicted molar refractivity (Wildman–Crippen MR) is 120 cm³/mol. The number of hydrogen-bond donors (Lipinski definition) is 2. The lowest BCUT2D eigenvalue weighted by molar-refractivity contribution is -0.147. The van der Waals surface area contributed by atoms with E-state index in [1.807, 2.05) is 36.6 Å². The Bertz CT molecular complexity index is 889. The van der Waals surface area contributed by atoms with Crippen LogP contribution in [0.25, 0.3) is 0 Å². The highest BCUT2D eigenvalue weighted by molar-refractivity contribution is 7.98. The molecular formula is C23H28N2O4S. The second kappa shape index (κ2) is 10.8. The Morgan fingerprint density at radius 2 is 1.67 bits per heavy atom. The van der Waals surface area contributed by atoms with E-state index in [2.05, 4.69) is 31.4 Å². The number of hydrogen-bond acceptors (Lipinski definition) is 5. The maximum Gasteiger partial charge on any atom is 0.308 e. The molecule has 6 nitrogen and oxygen atoms in total. The van der Waals surface area contributed by atoms with E-state index < -0.39 is 11.9 Å². The number of ether oxygens (including phenoxy) is 1. The van der Waals surface area contributed by atoms with Crippen molar-refractivity contribution in [1.82, 2.24) is 5.32 Å². The number of para-hydroxylation sites is 1. The second-order valence-corrected chi connectivity index (χ2v) is 8.59. The minimum Gasteiger partial charge on any atom is -0.456 e. The molecule has 0 aliphatic heterocycles. The molecule has 2 N–H and O–H groups in total. The molecule has 7 heteroatoms. The summed E-state index contributed by atoms with van der Waals surface area (Å²) < 4.78 is 4.98. The lowest BCUT2D eigenvalue weighted by Gasteiger charge is -2.19. The van der Waals surface area contributed by atoms with Gasteiger partial charge >= 0.3 is 5.97 Å². The zero-order chi connectivity index (χ0) is 22.1. The predicted octanol–water partition coefficient (Wildman–Crippen LogP) is 4.01. The van der Waals surface area contributed by atoms with Crippen molar-refractivity contribution in [2.75, 3.05) is 24.7 Å². The molecule has 0 aromatic heterocycles. The van der Waals surface area contributed by atoms with Crippen LogP contribution in [0.15, 0.2) is 53.4 Å². The van der Waals surface area contributed by atoms with Crippen molar-refractivity contribution in [3.05, 3.63) is 59.7 Å². The summed E-state index contributed by atoms with van der Waals surface area (Å²) in [6.45, 7) is 6.08. The van der Waals surface area contributed by atoms with Crippen LogP contribution in [-0.2, 0) is 19.7 Å². The number of benzene rings is 2. The fraction of sp³-hybridized carbons (Fsp3) is 0.348. The van der Waals surface area contributed by atoms with Gasteiger partial charge in [0.1, 0.15) is 0 Å². The molecular weight excluding hydrogens is 400 g/mol. The third-order valence-corrected chi connectivity index (χ3v) is 5.17. The Kier molecular flexibility index (Phi) is 8.47. The van der Waals surface area contributed by atoms with Crippen molar-refractivity contribution in [2.45, 2.75) is 37.5 Å². The molecule has 0 radical (unpaired) electrons. The highest BCUT2D eigenvalue weighted by Gasteiger charge is 2.15. The van der Waals surface area contributed by atoms with E-state index in [1.54, 1.807) is 18.2 Å². The second-order valence-electron chi connectivity index (χ2n) is 7.74. The van der Waals surface area contributed by atoms with Gasteiger partial charge in [0.25, 0.3) is 11.8 Å². The molecule has 30 heavy (non-hydrogen) atoms. The first-order chi connectivity index (χ1) is 14.2. The Morgan fingerprint density at radius 1 is 1.00 bits per heavy atom. The zero-order valence-corrected chi connectivity index (χ0v) is 18.6. The number of amides is 2. The van der Waals surface area contributed by atoms with Crippen LogP contribution in [0.3, 0.4) is 0 Å². The number of esters is 1. The molecule has 2 aromatic rings. The van der Waals surface area contributed by atoms with Crippen LogP contribution in [0.4, 0.5) is 5.69 Å². The average molecular weight is 429 g/mol. The van der Waals surface area contributed by atoms with Crippen molar-refractivity contribution in [3.8, 4) is 0 Å². The minimum atomic E-state index is -0.549. The summed E-state index contributed by atoms with van der Waals surface area (Å²) in [4.78, 5) is 36.9. The number of rotatable bonds is 8. The van der Waals surface area contributed by atoms with Gasteiger partial charge in [-0.2, -0.15) is 0 Å². The van der Waals surface area contributed by atoms with E-state index in [4.69, 9.17) is 4.74 Å². The van der Waals surface area contributed by atoms with Gasteiger partial charge in [-0.1, -0.05) is 45.0 Å². The molecule has 0 saturated heterocycles. The van der Waals surface area contributed by atoms with Crippen molar-refractivity contribution < 1.29 is 19.1 Å². The molecule has 0 fully saturated rings. The molecule has 0 heterocycles. The van der Waals surface area contributed by atoms with E-state index in [0.717, 1.165) is 10.5 Å². The van der Waals surface area contributed by atoms with Crippen molar-refractivity contribution in [3.63, 3.8) is 0 Å². The number of anilines is 1. The van der Waals surface area contributed by atoms with Gasteiger partial charge in [0, 0.05) is 17.0 Å². The molecule has 0 bridgehead atoms. The largest absolute Gasteiger partial charge is 0.456 e. The quantitative estimate of drug-likeness (QED) is 0.490. The van der Waals surface area contributed by atoms with Gasteiger partial charge in [0.2, 0.25) is 0 Å². The first kappa shape index (κ1) is 23.5. The fourth-order valence-electron chi connectivity index (χ4n) is 2.65. The van der Waals surface area contributed by atoms with Crippen molar-refractivity contribution >= 4 is 35.2 Å². The van der Waals surface area contributed by atoms with E-state index in [9.17, 15) is 14.4 Å². The maximum absolute atomic E-state index is 12.2. The molecule has 0 aliphatic carbocycles. The number of carbonyl (C=O) groups excluding carboxylic acids is 3. The van der Waals surface area contributed by atoms with Gasteiger partial charge in [-0.3, -0.25) is 14.4 Å². The standard InChI is InChI=1S/C23H28N2O4S/c1-23(2,3)17-11-9-16(10-12-17)22(28)24-14-13-21(27)29-15-20(26)25-18-7-5-6-8-19(18)30-4/h5-12H,13-15H2,1-4H3,(H,24,28)(H,25,26). The van der Waals surface area contributed by atoms with E-state index >= 15 is 0 Å². The van der Waals surface area contributed by atoms with Crippen LogP contribution in [0, 0.1) is 0 Å². The molecule has 0 unspecified atom stereocenters. The topological polar surface area (TPSA) is 84.5 Å². The molecule has 0 aliphatic rings. The monoisotopic (exact) mass is 428 g/mol. The van der Waals surface area contributed by atoms with Gasteiger partial charge in [-0.25, -0.2) is 0 Å². The van der Waals surface area contributed by atoms with Crippen LogP contribution in [0.2, 0.25) is 0 Å². The van der Waals surface area contributed by atoms with Gasteiger partial charge in [-0.15, -0.1) is 11.8 Å². The third-order valence-electron chi connectivity index (χ3n) is 4.37. The highest BCUT2D eigenvalue weighted by atomic mass is 32.2. The first-order valence-electron chi connectivity index (χ1n) is 9.68. The number of nitrogens with one attached hydrogen (secondary N) is 2. The summed E-state index contributed by atoms with van der Waals surface area (Å²) in [6.07, 6.45) is 1.90. The summed E-state index contributed by atoms with van der Waals surface area (Å²) >= 11 is 1.51. The Labute approximate surface area is 181 Å². The third kappa shape index (κ3) is 7.22. The SMILES string of the molecule is CSc1ccccc1NC(=O)COC(=O)CCNC(=O)c1ccc(C(C)(C)C)cc1. The van der Waals surface area contributed by atoms with Gasteiger partial charge in [0.05, 0.1) is 12.1 Å². The maximum atomic E-state index is 12.2. The summed E-state index contributed by atoms with van der Waals surface area (Å²) in [7, 11) is 0. The van der Waals surface area contributed by atoms with E-state index in [0.29, 0.717) is 11.3 Å². The van der Waals surface area contributed by atoms with Crippen molar-refractivity contribution in [1.29, 1.82) is 0 Å². The molecule has 2 amide bonds. The van der Waals surface area contributed by atoms with E-state index in [1.165, 1.54) is 11.8 Å². The normalized spacial score (nSPS) is 10.9. The summed E-state index contributed by atoms with van der Waals surface area (Å²) in [6, 6.07) is 14.8. The van der Waals surface area contributed by atoms with Crippen LogP contribution in [0.5, 0.6) is 0 Å². The summed E-state index contributed by atoms with van der Waals surface area (Å²) in [5.74, 6) is -1.21. The lowest BCUT2D eigenvalue weighted by atomic mass is 9.87. The summed E-state index contributed by atoms with van der Waals surface area (Å²) in [5, 5.41) is 5.41. The van der Waals surface area contributed by atoms with Crippen LogP contribution in [-0.4, -0.2) is 37.2 Å². The zero-order valence-electron chi connectivity index (χ0n) is 17.8. The smallest absolute Gasteiger partial charge is 0.308 e. The highest BCUT2D eigenvalue weighted by Crippen LogP contribution is 2.24. The Morgan fingerprint density at radius 3 is 2.30 bits per heavy atom. The molecule has 2 aromatic carbocycles. The molecule has 2 rings (SSSR count). The lowest BCUT2D eigenvalue weighted by Crippen LogP contribution is -2.28. The molecule has 0 spiro atoms. The molecule has 0 atom stereocenters. The molecule has 160 valence electrons. The van der Waals surface area contributed by atoms with Crippen LogP contribution in [0.1, 0.15) is 43.1 Å². The van der Waals surface area contributed by atoms with Crippen LogP contribution >= 0.6 is 11.8 Å². The van der Waals surface area contributed by atoms with Gasteiger partial charge < -0.3 is 15.4 Å². The van der Waals surface area contributed by atoms with Crippen molar-refractivity contribution in [2.24, 2.45) is 0 Å². The minimum absolute atomic E-state index is 0.0134. The number of thioether (sulfide) groups is 1. The first-order valence-corrected chi connectivity index (χ1v) is 10.9. The van der Waals surface area contributed by atoms with Gasteiger partial charge in [-0.05, 0) is 41.5 Å². The van der Waals surface area contributed by atoms with E-state index in [-0.39, 0.29) is 30.9 Å². The Hall–Kier alpha value is -2.80. The molecule has 0 saturated carbocycles. The van der Waals surface area contributed by atoms with Gasteiger partial charge in [0.15, 0.2) is 6.61 Å².